The number of hydrogen-bond donors (Lipinski definition) is 3. The van der Waals surface area contributed by atoms with Crippen LogP contribution in [0, 0.1) is 23.2 Å². The molecule has 6 rings (SSSR count). The zero-order chi connectivity index (χ0) is 17.0. The number of hydrogen-bond acceptors (Lipinski definition) is 3. The Balaban J connectivity index is 1.30. The van der Waals surface area contributed by atoms with Gasteiger partial charge in [-0.25, -0.2) is 4.98 Å². The third-order valence-electron chi connectivity index (χ3n) is 6.71. The van der Waals surface area contributed by atoms with Crippen molar-refractivity contribution in [1.29, 1.82) is 0 Å². The summed E-state index contributed by atoms with van der Waals surface area (Å²) < 4.78 is 0. The van der Waals surface area contributed by atoms with Crippen molar-refractivity contribution in [2.24, 2.45) is 28.9 Å². The normalized spacial score (nSPS) is 33.1. The van der Waals surface area contributed by atoms with Gasteiger partial charge in [-0.1, -0.05) is 0 Å². The van der Waals surface area contributed by atoms with Crippen LogP contribution in [0.3, 0.4) is 0 Å². The summed E-state index contributed by atoms with van der Waals surface area (Å²) in [4.78, 5) is 20.4. The van der Waals surface area contributed by atoms with Gasteiger partial charge in [0.2, 0.25) is 5.91 Å². The van der Waals surface area contributed by atoms with E-state index in [9.17, 15) is 4.79 Å². The average Bonchev–Trinajstić information content (AvgIpc) is 2.95. The quantitative estimate of drug-likeness (QED) is 0.797. The Morgan fingerprint density at radius 1 is 1.20 bits per heavy atom. The molecule has 1 aromatic carbocycles. The molecule has 4 aliphatic carbocycles. The van der Waals surface area contributed by atoms with E-state index in [1.165, 1.54) is 38.5 Å². The Morgan fingerprint density at radius 3 is 2.52 bits per heavy atom. The van der Waals surface area contributed by atoms with Crippen LogP contribution < -0.4 is 11.1 Å². The van der Waals surface area contributed by atoms with E-state index < -0.39 is 0 Å². The largest absolute Gasteiger partial charge is 0.341 e. The van der Waals surface area contributed by atoms with E-state index in [1.54, 1.807) is 0 Å². The molecule has 1 heterocycles. The number of anilines is 1. The lowest BCUT2D eigenvalue weighted by molar-refractivity contribution is -0.124. The monoisotopic (exact) mass is 338 g/mol. The van der Waals surface area contributed by atoms with Crippen molar-refractivity contribution in [3.8, 4) is 0 Å². The molecule has 0 aliphatic heterocycles. The number of aromatic nitrogens is 2. The number of nitrogens with one attached hydrogen (secondary N) is 2. The van der Waals surface area contributed by atoms with Gasteiger partial charge in [-0.15, -0.1) is 0 Å². The van der Waals surface area contributed by atoms with E-state index in [0.29, 0.717) is 13.0 Å². The van der Waals surface area contributed by atoms with Gasteiger partial charge in [0.1, 0.15) is 5.82 Å². The SMILES string of the molecule is NCc1nc2cc(NC(=O)CC34CC5CC(CC(C5)C3)C4)ccc2[nH]1. The number of benzene rings is 1. The van der Waals surface area contributed by atoms with Gasteiger partial charge >= 0.3 is 0 Å². The second-order valence-electron chi connectivity index (χ2n) is 8.76. The van der Waals surface area contributed by atoms with Crippen molar-refractivity contribution in [2.75, 3.05) is 5.32 Å². The molecule has 4 saturated carbocycles. The highest BCUT2D eigenvalue weighted by molar-refractivity contribution is 5.93. The molecule has 0 atom stereocenters. The highest BCUT2D eigenvalue weighted by Gasteiger charge is 2.51. The Labute approximate surface area is 147 Å². The summed E-state index contributed by atoms with van der Waals surface area (Å²) in [5, 5.41) is 3.11. The van der Waals surface area contributed by atoms with Gasteiger partial charge in [0.05, 0.1) is 17.6 Å². The Hall–Kier alpha value is -1.88. The van der Waals surface area contributed by atoms with Gasteiger partial charge in [-0.2, -0.15) is 0 Å². The molecule has 0 spiro atoms. The Kier molecular flexibility index (Phi) is 3.42. The Morgan fingerprint density at radius 2 is 1.88 bits per heavy atom. The molecule has 0 unspecified atom stereocenters. The summed E-state index contributed by atoms with van der Waals surface area (Å²) in [6.45, 7) is 0.391. The Bertz CT molecular complexity index is 789. The smallest absolute Gasteiger partial charge is 0.224 e. The number of nitrogens with zero attached hydrogens (tertiary/aromatic N) is 1. The third kappa shape index (κ3) is 2.74. The van der Waals surface area contributed by atoms with Crippen LogP contribution in [0.1, 0.15) is 50.8 Å². The number of imidazole rings is 1. The first-order chi connectivity index (χ1) is 12.1. The molecule has 0 radical (unpaired) electrons. The number of carbonyl (C=O) groups excluding carboxylic acids is 1. The van der Waals surface area contributed by atoms with Crippen molar-refractivity contribution in [3.05, 3.63) is 24.0 Å². The summed E-state index contributed by atoms with van der Waals surface area (Å²) in [7, 11) is 0. The summed E-state index contributed by atoms with van der Waals surface area (Å²) in [6.07, 6.45) is 8.74. The zero-order valence-electron chi connectivity index (χ0n) is 14.6. The van der Waals surface area contributed by atoms with Crippen LogP contribution in [0.5, 0.6) is 0 Å². The molecular weight excluding hydrogens is 312 g/mol. The molecular formula is C20H26N4O. The van der Waals surface area contributed by atoms with Gasteiger partial charge in [-0.05, 0) is 79.9 Å². The van der Waals surface area contributed by atoms with Gasteiger partial charge in [0, 0.05) is 12.1 Å². The molecule has 5 heteroatoms. The lowest BCUT2D eigenvalue weighted by atomic mass is 9.49. The van der Waals surface area contributed by atoms with Gasteiger partial charge in [0.15, 0.2) is 0 Å². The van der Waals surface area contributed by atoms with E-state index in [-0.39, 0.29) is 11.3 Å². The van der Waals surface area contributed by atoms with E-state index in [0.717, 1.165) is 40.3 Å². The minimum absolute atomic E-state index is 0.163. The van der Waals surface area contributed by atoms with Crippen LogP contribution in [-0.2, 0) is 11.3 Å². The fraction of sp³-hybridized carbons (Fsp3) is 0.600. The van der Waals surface area contributed by atoms with E-state index in [4.69, 9.17) is 5.73 Å². The van der Waals surface area contributed by atoms with Crippen molar-refractivity contribution in [2.45, 2.75) is 51.5 Å². The molecule has 132 valence electrons. The zero-order valence-corrected chi connectivity index (χ0v) is 14.6. The maximum atomic E-state index is 12.7. The van der Waals surface area contributed by atoms with Gasteiger partial charge in [-0.3, -0.25) is 4.79 Å². The van der Waals surface area contributed by atoms with Crippen LogP contribution in [-0.4, -0.2) is 15.9 Å². The number of H-pyrrole nitrogens is 1. The minimum Gasteiger partial charge on any atom is -0.341 e. The lowest BCUT2D eigenvalue weighted by Gasteiger charge is -2.56. The standard InChI is InChI=1S/C20H26N4O/c21-11-18-23-16-2-1-15(6-17(16)24-18)22-19(25)10-20-7-12-3-13(8-20)5-14(4-12)9-20/h1-2,6,12-14H,3-5,7-11,21H2,(H,22,25)(H,23,24). The predicted molar refractivity (Wildman–Crippen MR) is 97.8 cm³/mol. The molecule has 2 aromatic rings. The maximum absolute atomic E-state index is 12.7. The minimum atomic E-state index is 0.163. The second-order valence-corrected chi connectivity index (χ2v) is 8.76. The number of rotatable bonds is 4. The first-order valence-electron chi connectivity index (χ1n) is 9.59. The first-order valence-corrected chi connectivity index (χ1v) is 9.59. The highest BCUT2D eigenvalue weighted by atomic mass is 16.1. The summed E-state index contributed by atoms with van der Waals surface area (Å²) in [5.74, 6) is 3.58. The fourth-order valence-electron chi connectivity index (χ4n) is 6.29. The summed E-state index contributed by atoms with van der Waals surface area (Å²) in [5.41, 5.74) is 8.56. The van der Waals surface area contributed by atoms with Crippen molar-refractivity contribution >= 4 is 22.6 Å². The first kappa shape index (κ1) is 15.4. The molecule has 0 saturated heterocycles. The molecule has 4 N–H and O–H groups in total. The average molecular weight is 338 g/mol. The second kappa shape index (κ2) is 5.56. The van der Waals surface area contributed by atoms with Crippen LogP contribution in [0.25, 0.3) is 11.0 Å². The third-order valence-corrected chi connectivity index (χ3v) is 6.71. The van der Waals surface area contributed by atoms with Crippen molar-refractivity contribution in [1.82, 2.24) is 9.97 Å². The maximum Gasteiger partial charge on any atom is 0.224 e. The topological polar surface area (TPSA) is 83.8 Å². The number of carbonyl (C=O) groups is 1. The van der Waals surface area contributed by atoms with Crippen LogP contribution in [0.15, 0.2) is 18.2 Å². The number of fused-ring (bicyclic) bond motifs is 1. The molecule has 5 nitrogen and oxygen atoms in total. The molecule has 1 aromatic heterocycles. The molecule has 25 heavy (non-hydrogen) atoms. The van der Waals surface area contributed by atoms with Crippen LogP contribution in [0.2, 0.25) is 0 Å². The molecule has 4 fully saturated rings. The number of amides is 1. The molecule has 1 amide bonds. The van der Waals surface area contributed by atoms with E-state index in [1.807, 2.05) is 18.2 Å². The van der Waals surface area contributed by atoms with Crippen molar-refractivity contribution in [3.63, 3.8) is 0 Å². The summed E-state index contributed by atoms with van der Waals surface area (Å²) in [6, 6.07) is 5.84. The van der Waals surface area contributed by atoms with Crippen molar-refractivity contribution < 1.29 is 4.79 Å². The van der Waals surface area contributed by atoms with Crippen LogP contribution >= 0.6 is 0 Å². The fourth-order valence-corrected chi connectivity index (χ4v) is 6.29. The molecule has 4 aliphatic rings. The van der Waals surface area contributed by atoms with Crippen LogP contribution in [0.4, 0.5) is 5.69 Å². The summed E-state index contributed by atoms with van der Waals surface area (Å²) >= 11 is 0. The number of nitrogens with two attached hydrogens (primary N) is 1. The van der Waals surface area contributed by atoms with Gasteiger partial charge < -0.3 is 16.0 Å². The predicted octanol–water partition coefficient (Wildman–Crippen LogP) is 3.57. The van der Waals surface area contributed by atoms with E-state index >= 15 is 0 Å². The highest BCUT2D eigenvalue weighted by Crippen LogP contribution is 2.61. The number of aromatic amines is 1. The van der Waals surface area contributed by atoms with E-state index in [2.05, 4.69) is 15.3 Å². The van der Waals surface area contributed by atoms with Gasteiger partial charge in [0.25, 0.3) is 0 Å². The molecule has 4 bridgehead atoms. The lowest BCUT2D eigenvalue weighted by Crippen LogP contribution is -2.47.